The van der Waals surface area contributed by atoms with Crippen molar-refractivity contribution >= 4 is 16.1 Å². The van der Waals surface area contributed by atoms with Crippen molar-refractivity contribution in [3.05, 3.63) is 48.6 Å². The molecule has 23 heavy (non-hydrogen) atoms. The van der Waals surface area contributed by atoms with E-state index in [1.807, 2.05) is 6.07 Å². The zero-order chi connectivity index (χ0) is 17.1. The van der Waals surface area contributed by atoms with E-state index in [4.69, 9.17) is 10.5 Å². The zero-order valence-corrected chi connectivity index (χ0v) is 13.8. The molecular weight excluding hydrogens is 318 g/mol. The summed E-state index contributed by atoms with van der Waals surface area (Å²) in [6.07, 6.45) is 0.840. The quantitative estimate of drug-likeness (QED) is 0.756. The van der Waals surface area contributed by atoms with Crippen LogP contribution >= 0.6 is 0 Å². The Morgan fingerprint density at radius 3 is 2.74 bits per heavy atom. The topological polar surface area (TPSA) is 102 Å². The van der Waals surface area contributed by atoms with Crippen LogP contribution in [0, 0.1) is 0 Å². The van der Waals surface area contributed by atoms with E-state index in [1.54, 1.807) is 24.3 Å². The summed E-state index contributed by atoms with van der Waals surface area (Å²) in [5, 5.41) is -0.973. The first kappa shape index (κ1) is 17.5. The Morgan fingerprint density at radius 2 is 2.17 bits per heavy atom. The molecule has 1 aromatic carbocycles. The molecule has 0 spiro atoms. The molecule has 1 aromatic rings. The molecule has 0 bridgehead atoms. The molecule has 1 heterocycles. The predicted molar refractivity (Wildman–Crippen MR) is 87.2 cm³/mol. The number of nitrogens with one attached hydrogen (secondary N) is 1. The van der Waals surface area contributed by atoms with Gasteiger partial charge in [0.2, 0.25) is 10.0 Å². The Labute approximate surface area is 136 Å². The van der Waals surface area contributed by atoms with Crippen molar-refractivity contribution in [1.29, 1.82) is 0 Å². The number of hydrogen-bond acceptors (Lipinski definition) is 5. The van der Waals surface area contributed by atoms with Gasteiger partial charge in [0, 0.05) is 13.1 Å². The van der Waals surface area contributed by atoms with Crippen LogP contribution in [0.15, 0.2) is 43.0 Å². The van der Waals surface area contributed by atoms with Gasteiger partial charge in [-0.15, -0.1) is 0 Å². The Kier molecular flexibility index (Phi) is 5.08. The van der Waals surface area contributed by atoms with Gasteiger partial charge in [-0.25, -0.2) is 17.9 Å². The van der Waals surface area contributed by atoms with Crippen molar-refractivity contribution in [3.8, 4) is 0 Å². The van der Waals surface area contributed by atoms with Crippen LogP contribution in [0.1, 0.15) is 5.56 Å². The Hall–Kier alpha value is -1.90. The van der Waals surface area contributed by atoms with Crippen LogP contribution in [-0.2, 0) is 20.3 Å². The molecule has 1 aliphatic rings. The molecule has 1 fully saturated rings. The highest BCUT2D eigenvalue weighted by Crippen LogP contribution is 2.34. The Morgan fingerprint density at radius 1 is 1.52 bits per heavy atom. The summed E-state index contributed by atoms with van der Waals surface area (Å²) in [6.45, 7) is 3.55. The molecule has 3 N–H and O–H groups in total. The second-order valence-electron chi connectivity index (χ2n) is 5.39. The minimum absolute atomic E-state index is 0.0372. The van der Waals surface area contributed by atoms with Crippen molar-refractivity contribution in [3.63, 3.8) is 0 Å². The third kappa shape index (κ3) is 3.39. The van der Waals surface area contributed by atoms with E-state index in [-0.39, 0.29) is 19.7 Å². The van der Waals surface area contributed by atoms with Crippen LogP contribution in [0.2, 0.25) is 0 Å². The molecule has 1 saturated heterocycles. The van der Waals surface area contributed by atoms with Gasteiger partial charge in [-0.2, -0.15) is 0 Å². The number of nitrogens with zero attached hydrogens (tertiary/aromatic N) is 1. The maximum absolute atomic E-state index is 12.4. The van der Waals surface area contributed by atoms with Gasteiger partial charge in [0.25, 0.3) is 0 Å². The third-order valence-corrected chi connectivity index (χ3v) is 5.85. The van der Waals surface area contributed by atoms with Gasteiger partial charge in [0.1, 0.15) is 11.9 Å². The highest BCUT2D eigenvalue weighted by molar-refractivity contribution is 7.90. The summed E-state index contributed by atoms with van der Waals surface area (Å²) < 4.78 is 32.1. The maximum Gasteiger partial charge on any atom is 0.410 e. The standard InChI is InChI=1S/C15H21N3O4S/c1-3-9-22-14(19)18-10-13(23(20,21)17-2)15(16,11-18)12-7-5-4-6-8-12/h3-8,13,17H,1,9-11,16H2,2H3. The van der Waals surface area contributed by atoms with Crippen molar-refractivity contribution in [2.45, 2.75) is 10.8 Å². The third-order valence-electron chi connectivity index (χ3n) is 3.97. The van der Waals surface area contributed by atoms with Crippen LogP contribution in [0.5, 0.6) is 0 Å². The fourth-order valence-corrected chi connectivity index (χ4v) is 4.17. The first-order chi connectivity index (χ1) is 10.8. The largest absolute Gasteiger partial charge is 0.445 e. The van der Waals surface area contributed by atoms with Crippen LogP contribution in [-0.4, -0.2) is 51.4 Å². The average Bonchev–Trinajstić information content (AvgIpc) is 2.93. The van der Waals surface area contributed by atoms with Gasteiger partial charge >= 0.3 is 6.09 Å². The lowest BCUT2D eigenvalue weighted by Crippen LogP contribution is -2.53. The summed E-state index contributed by atoms with van der Waals surface area (Å²) in [4.78, 5) is 13.4. The number of nitrogens with two attached hydrogens (primary N) is 1. The number of carbonyl (C=O) groups is 1. The number of ether oxygens (including phenoxy) is 1. The van der Waals surface area contributed by atoms with E-state index < -0.39 is 26.9 Å². The van der Waals surface area contributed by atoms with Crippen molar-refractivity contribution in [1.82, 2.24) is 9.62 Å². The van der Waals surface area contributed by atoms with Crippen LogP contribution in [0.25, 0.3) is 0 Å². The highest BCUT2D eigenvalue weighted by atomic mass is 32.2. The molecule has 0 aromatic heterocycles. The van der Waals surface area contributed by atoms with Crippen molar-refractivity contribution in [2.75, 3.05) is 26.7 Å². The molecular formula is C15H21N3O4S. The summed E-state index contributed by atoms with van der Waals surface area (Å²) in [5.74, 6) is 0. The molecule has 1 amide bonds. The smallest absolute Gasteiger partial charge is 0.410 e. The summed E-state index contributed by atoms with van der Waals surface area (Å²) >= 11 is 0. The summed E-state index contributed by atoms with van der Waals surface area (Å²) in [7, 11) is -2.35. The normalized spacial score (nSPS) is 24.4. The lowest BCUT2D eigenvalue weighted by Gasteiger charge is -2.30. The number of benzene rings is 1. The van der Waals surface area contributed by atoms with E-state index in [1.165, 1.54) is 18.0 Å². The number of rotatable bonds is 5. The van der Waals surface area contributed by atoms with E-state index in [2.05, 4.69) is 11.3 Å². The number of sulfonamides is 1. The molecule has 7 nitrogen and oxygen atoms in total. The maximum atomic E-state index is 12.4. The number of likely N-dealkylation sites (tertiary alicyclic amines) is 1. The van der Waals surface area contributed by atoms with Gasteiger partial charge in [-0.3, -0.25) is 0 Å². The van der Waals surface area contributed by atoms with E-state index in [0.29, 0.717) is 5.56 Å². The number of carbonyl (C=O) groups excluding carboxylic acids is 1. The van der Waals surface area contributed by atoms with Gasteiger partial charge < -0.3 is 15.4 Å². The monoisotopic (exact) mass is 339 g/mol. The lowest BCUT2D eigenvalue weighted by molar-refractivity contribution is 0.119. The molecule has 0 aliphatic carbocycles. The molecule has 2 rings (SSSR count). The number of amides is 1. The molecule has 1 aliphatic heterocycles. The van der Waals surface area contributed by atoms with Gasteiger partial charge in [-0.05, 0) is 12.6 Å². The van der Waals surface area contributed by atoms with E-state index in [0.717, 1.165) is 0 Å². The lowest BCUT2D eigenvalue weighted by atomic mass is 9.90. The van der Waals surface area contributed by atoms with Crippen molar-refractivity contribution < 1.29 is 17.9 Å². The second kappa shape index (κ2) is 6.69. The fraction of sp³-hybridized carbons (Fsp3) is 0.400. The molecule has 0 saturated carbocycles. The molecule has 2 unspecified atom stereocenters. The molecule has 0 radical (unpaired) electrons. The van der Waals surface area contributed by atoms with Crippen LogP contribution in [0.3, 0.4) is 0 Å². The summed E-state index contributed by atoms with van der Waals surface area (Å²) in [6, 6.07) is 8.91. The van der Waals surface area contributed by atoms with Gasteiger partial charge in [-0.1, -0.05) is 43.0 Å². The fourth-order valence-electron chi connectivity index (χ4n) is 2.75. The Bertz CT molecular complexity index is 677. The minimum atomic E-state index is -3.69. The van der Waals surface area contributed by atoms with Gasteiger partial charge in [0.05, 0.1) is 5.54 Å². The van der Waals surface area contributed by atoms with E-state index in [9.17, 15) is 13.2 Å². The minimum Gasteiger partial charge on any atom is -0.445 e. The van der Waals surface area contributed by atoms with Crippen LogP contribution in [0.4, 0.5) is 4.79 Å². The summed E-state index contributed by atoms with van der Waals surface area (Å²) in [5.41, 5.74) is 5.90. The predicted octanol–water partition coefficient (Wildman–Crippen LogP) is 0.397. The SMILES string of the molecule is C=CCOC(=O)N1CC(S(=O)(=O)NC)C(N)(c2ccccc2)C1. The molecule has 2 atom stereocenters. The molecule has 126 valence electrons. The molecule has 8 heteroatoms. The highest BCUT2D eigenvalue weighted by Gasteiger charge is 2.52. The Balaban J connectivity index is 2.38. The van der Waals surface area contributed by atoms with Crippen molar-refractivity contribution in [2.24, 2.45) is 5.73 Å². The first-order valence-electron chi connectivity index (χ1n) is 7.14. The first-order valence-corrected chi connectivity index (χ1v) is 8.69. The number of hydrogen-bond donors (Lipinski definition) is 2. The second-order valence-corrected chi connectivity index (χ2v) is 7.46. The van der Waals surface area contributed by atoms with Gasteiger partial charge in [0.15, 0.2) is 0 Å². The zero-order valence-electron chi connectivity index (χ0n) is 12.9. The van der Waals surface area contributed by atoms with Crippen LogP contribution < -0.4 is 10.5 Å². The average molecular weight is 339 g/mol. The van der Waals surface area contributed by atoms with E-state index >= 15 is 0 Å².